The Bertz CT molecular complexity index is 1040. The number of benzene rings is 3. The molecule has 0 aromatic heterocycles. The molecule has 1 aliphatic heterocycles. The molecule has 0 aliphatic carbocycles. The van der Waals surface area contributed by atoms with E-state index in [9.17, 15) is 9.59 Å². The fourth-order valence-corrected chi connectivity index (χ4v) is 4.93. The average Bonchev–Trinajstić information content (AvgIpc) is 3.20. The van der Waals surface area contributed by atoms with Crippen LogP contribution in [0.1, 0.15) is 35.2 Å². The van der Waals surface area contributed by atoms with Gasteiger partial charge in [0.1, 0.15) is 0 Å². The van der Waals surface area contributed by atoms with Crippen LogP contribution in [0.4, 0.5) is 0 Å². The van der Waals surface area contributed by atoms with Gasteiger partial charge < -0.3 is 9.47 Å². The molecule has 0 unspecified atom stereocenters. The van der Waals surface area contributed by atoms with Crippen LogP contribution in [-0.2, 0) is 25.6 Å². The van der Waals surface area contributed by atoms with E-state index in [4.69, 9.17) is 9.47 Å². The van der Waals surface area contributed by atoms with Crippen LogP contribution in [-0.4, -0.2) is 31.1 Å². The SMILES string of the molecule is COC(=O)C1(C(=O)OC)C[C@H](c2ccccc2)N(Cc2ccccc2)[C@@H]1c1ccccc1. The summed E-state index contributed by atoms with van der Waals surface area (Å²) in [6, 6.07) is 29.0. The first-order valence-corrected chi connectivity index (χ1v) is 10.7. The second kappa shape index (κ2) is 9.37. The summed E-state index contributed by atoms with van der Waals surface area (Å²) in [6.07, 6.45) is 0.267. The summed E-state index contributed by atoms with van der Waals surface area (Å²) in [5, 5.41) is 0. The van der Waals surface area contributed by atoms with Gasteiger partial charge in [0.25, 0.3) is 0 Å². The Morgan fingerprint density at radius 1 is 0.781 bits per heavy atom. The predicted molar refractivity (Wildman–Crippen MR) is 121 cm³/mol. The van der Waals surface area contributed by atoms with Gasteiger partial charge in [-0.3, -0.25) is 14.5 Å². The van der Waals surface area contributed by atoms with E-state index in [-0.39, 0.29) is 12.5 Å². The molecular weight excluding hydrogens is 402 g/mol. The third-order valence-corrected chi connectivity index (χ3v) is 6.32. The highest BCUT2D eigenvalue weighted by Gasteiger charge is 2.64. The molecule has 1 saturated heterocycles. The molecule has 3 aromatic carbocycles. The largest absolute Gasteiger partial charge is 0.468 e. The smallest absolute Gasteiger partial charge is 0.325 e. The summed E-state index contributed by atoms with van der Waals surface area (Å²) in [7, 11) is 2.65. The molecule has 1 heterocycles. The normalized spacial score (nSPS) is 19.9. The number of likely N-dealkylation sites (tertiary alicyclic amines) is 1. The van der Waals surface area contributed by atoms with E-state index in [1.807, 2.05) is 78.9 Å². The summed E-state index contributed by atoms with van der Waals surface area (Å²) < 4.78 is 10.5. The van der Waals surface area contributed by atoms with Crippen molar-refractivity contribution in [2.75, 3.05) is 14.2 Å². The molecule has 5 heteroatoms. The second-order valence-electron chi connectivity index (χ2n) is 8.06. The van der Waals surface area contributed by atoms with Gasteiger partial charge in [0.05, 0.1) is 20.3 Å². The van der Waals surface area contributed by atoms with E-state index in [2.05, 4.69) is 17.0 Å². The number of carbonyl (C=O) groups is 2. The van der Waals surface area contributed by atoms with E-state index < -0.39 is 23.4 Å². The van der Waals surface area contributed by atoms with Crippen LogP contribution in [0, 0.1) is 5.41 Å². The van der Waals surface area contributed by atoms with Crippen molar-refractivity contribution >= 4 is 11.9 Å². The zero-order chi connectivity index (χ0) is 22.6. The third-order valence-electron chi connectivity index (χ3n) is 6.32. The van der Waals surface area contributed by atoms with Gasteiger partial charge >= 0.3 is 11.9 Å². The monoisotopic (exact) mass is 429 g/mol. The van der Waals surface area contributed by atoms with Crippen LogP contribution < -0.4 is 0 Å². The maximum atomic E-state index is 13.3. The third kappa shape index (κ3) is 3.80. The van der Waals surface area contributed by atoms with E-state index in [1.54, 1.807) is 0 Å². The molecular formula is C27H27NO4. The van der Waals surface area contributed by atoms with Gasteiger partial charge in [-0.2, -0.15) is 0 Å². The molecule has 0 spiro atoms. The number of hydrogen-bond donors (Lipinski definition) is 0. The molecule has 0 radical (unpaired) electrons. The molecule has 32 heavy (non-hydrogen) atoms. The van der Waals surface area contributed by atoms with Crippen LogP contribution >= 0.6 is 0 Å². The molecule has 3 aromatic rings. The van der Waals surface area contributed by atoms with E-state index in [0.29, 0.717) is 6.54 Å². The lowest BCUT2D eigenvalue weighted by Crippen LogP contribution is -2.45. The van der Waals surface area contributed by atoms with Crippen LogP contribution in [0.3, 0.4) is 0 Å². The minimum atomic E-state index is -1.49. The number of ether oxygens (including phenoxy) is 2. The average molecular weight is 430 g/mol. The van der Waals surface area contributed by atoms with Gasteiger partial charge in [-0.25, -0.2) is 0 Å². The van der Waals surface area contributed by atoms with E-state index in [1.165, 1.54) is 14.2 Å². The molecule has 1 fully saturated rings. The summed E-state index contributed by atoms with van der Waals surface area (Å²) in [5.74, 6) is -1.15. The second-order valence-corrected chi connectivity index (χ2v) is 8.06. The Labute approximate surface area is 188 Å². The standard InChI is InChI=1S/C27H27NO4/c1-31-25(29)27(26(30)32-2)18-23(21-14-8-4-9-15-21)28(19-20-12-6-3-7-13-20)24(27)22-16-10-5-11-17-22/h3-17,23-24H,18-19H2,1-2H3/t23-,24-/m1/s1. The molecule has 1 aliphatic rings. The molecule has 0 saturated carbocycles. The van der Waals surface area contributed by atoms with E-state index >= 15 is 0 Å². The van der Waals surface area contributed by atoms with Gasteiger partial charge in [-0.05, 0) is 23.1 Å². The van der Waals surface area contributed by atoms with E-state index in [0.717, 1.165) is 16.7 Å². The summed E-state index contributed by atoms with van der Waals surface area (Å²) >= 11 is 0. The number of rotatable bonds is 6. The van der Waals surface area contributed by atoms with Crippen molar-refractivity contribution in [1.82, 2.24) is 4.90 Å². The first-order chi connectivity index (χ1) is 15.6. The Morgan fingerprint density at radius 3 is 1.75 bits per heavy atom. The number of carbonyl (C=O) groups excluding carboxylic acids is 2. The highest BCUT2D eigenvalue weighted by Crippen LogP contribution is 2.57. The molecule has 5 nitrogen and oxygen atoms in total. The Morgan fingerprint density at radius 2 is 1.25 bits per heavy atom. The lowest BCUT2D eigenvalue weighted by atomic mass is 9.75. The van der Waals surface area contributed by atoms with Gasteiger partial charge in [0.15, 0.2) is 5.41 Å². The van der Waals surface area contributed by atoms with Crippen molar-refractivity contribution in [3.63, 3.8) is 0 Å². The topological polar surface area (TPSA) is 55.8 Å². The predicted octanol–water partition coefficient (Wildman–Crippen LogP) is 4.71. The van der Waals surface area contributed by atoms with Crippen molar-refractivity contribution in [3.05, 3.63) is 108 Å². The Hall–Kier alpha value is -3.44. The summed E-state index contributed by atoms with van der Waals surface area (Å²) in [5.41, 5.74) is 1.52. The van der Waals surface area contributed by atoms with Gasteiger partial charge in [-0.15, -0.1) is 0 Å². The van der Waals surface area contributed by atoms with Crippen molar-refractivity contribution in [2.45, 2.75) is 25.0 Å². The maximum absolute atomic E-state index is 13.3. The zero-order valence-corrected chi connectivity index (χ0v) is 18.3. The fraction of sp³-hybridized carbons (Fsp3) is 0.259. The molecule has 0 N–H and O–H groups in total. The van der Waals surface area contributed by atoms with Crippen LogP contribution in [0.25, 0.3) is 0 Å². The minimum Gasteiger partial charge on any atom is -0.468 e. The molecule has 4 rings (SSSR count). The van der Waals surface area contributed by atoms with Gasteiger partial charge in [-0.1, -0.05) is 91.0 Å². The Balaban J connectivity index is 1.93. The lowest BCUT2D eigenvalue weighted by Gasteiger charge is -2.35. The fourth-order valence-electron chi connectivity index (χ4n) is 4.93. The minimum absolute atomic E-state index is 0.181. The first-order valence-electron chi connectivity index (χ1n) is 10.7. The Kier molecular flexibility index (Phi) is 6.37. The van der Waals surface area contributed by atoms with Gasteiger partial charge in [0.2, 0.25) is 0 Å². The van der Waals surface area contributed by atoms with Crippen LogP contribution in [0.2, 0.25) is 0 Å². The molecule has 0 amide bonds. The summed E-state index contributed by atoms with van der Waals surface area (Å²) in [4.78, 5) is 28.9. The van der Waals surface area contributed by atoms with Crippen LogP contribution in [0.5, 0.6) is 0 Å². The maximum Gasteiger partial charge on any atom is 0.325 e. The number of methoxy groups -OCH3 is 2. The number of nitrogens with zero attached hydrogens (tertiary/aromatic N) is 1. The highest BCUT2D eigenvalue weighted by atomic mass is 16.5. The molecule has 0 bridgehead atoms. The first kappa shape index (κ1) is 21.8. The summed E-state index contributed by atoms with van der Waals surface area (Å²) in [6.45, 7) is 0.565. The lowest BCUT2D eigenvalue weighted by molar-refractivity contribution is -0.171. The molecule has 164 valence electrons. The number of hydrogen-bond acceptors (Lipinski definition) is 5. The van der Waals surface area contributed by atoms with Crippen molar-refractivity contribution in [3.8, 4) is 0 Å². The van der Waals surface area contributed by atoms with Crippen molar-refractivity contribution in [2.24, 2.45) is 5.41 Å². The van der Waals surface area contributed by atoms with Crippen LogP contribution in [0.15, 0.2) is 91.0 Å². The quantitative estimate of drug-likeness (QED) is 0.420. The van der Waals surface area contributed by atoms with Crippen molar-refractivity contribution in [1.29, 1.82) is 0 Å². The highest BCUT2D eigenvalue weighted by molar-refractivity contribution is 6.01. The zero-order valence-electron chi connectivity index (χ0n) is 18.3. The van der Waals surface area contributed by atoms with Crippen molar-refractivity contribution < 1.29 is 19.1 Å². The van der Waals surface area contributed by atoms with Gasteiger partial charge in [0, 0.05) is 12.6 Å². The molecule has 2 atom stereocenters. The number of esters is 2.